The monoisotopic (exact) mass is 258 g/mol. The standard InChI is InChI=1S/C11H18N2O5/c14-10(15)8-5-18-6-9(8)13-11(16)12-7-2-1-3-17-4-7/h7-9H,1-6H2,(H,14,15)(H2,12,13,16). The first-order valence-corrected chi connectivity index (χ1v) is 6.12. The molecule has 0 spiro atoms. The second-order valence-corrected chi connectivity index (χ2v) is 4.62. The maximum atomic E-state index is 11.7. The zero-order valence-electron chi connectivity index (χ0n) is 10.1. The Morgan fingerprint density at radius 3 is 2.61 bits per heavy atom. The van der Waals surface area contributed by atoms with Crippen LogP contribution in [0.25, 0.3) is 0 Å². The van der Waals surface area contributed by atoms with Crippen molar-refractivity contribution in [3.63, 3.8) is 0 Å². The molecule has 0 saturated carbocycles. The third-order valence-corrected chi connectivity index (χ3v) is 3.21. The van der Waals surface area contributed by atoms with Gasteiger partial charge in [-0.25, -0.2) is 4.79 Å². The fraction of sp³-hybridized carbons (Fsp3) is 0.818. The molecule has 2 saturated heterocycles. The molecule has 2 fully saturated rings. The van der Waals surface area contributed by atoms with Gasteiger partial charge in [-0.05, 0) is 12.8 Å². The Balaban J connectivity index is 1.77. The van der Waals surface area contributed by atoms with Crippen molar-refractivity contribution in [2.75, 3.05) is 26.4 Å². The lowest BCUT2D eigenvalue weighted by Gasteiger charge is -2.24. The Morgan fingerprint density at radius 1 is 1.11 bits per heavy atom. The van der Waals surface area contributed by atoms with Crippen LogP contribution in [0.2, 0.25) is 0 Å². The fourth-order valence-corrected chi connectivity index (χ4v) is 2.19. The normalized spacial score (nSPS) is 31.9. The van der Waals surface area contributed by atoms with E-state index >= 15 is 0 Å². The first kappa shape index (κ1) is 13.1. The van der Waals surface area contributed by atoms with Crippen molar-refractivity contribution in [3.8, 4) is 0 Å². The van der Waals surface area contributed by atoms with Gasteiger partial charge < -0.3 is 25.2 Å². The number of nitrogens with one attached hydrogen (secondary N) is 2. The number of carboxylic acids is 1. The molecule has 0 radical (unpaired) electrons. The van der Waals surface area contributed by atoms with Gasteiger partial charge in [-0.2, -0.15) is 0 Å². The molecule has 0 aromatic rings. The third-order valence-electron chi connectivity index (χ3n) is 3.21. The Kier molecular flexibility index (Phi) is 4.38. The number of carbonyl (C=O) groups is 2. The zero-order valence-corrected chi connectivity index (χ0v) is 10.1. The number of rotatable bonds is 3. The summed E-state index contributed by atoms with van der Waals surface area (Å²) in [6.45, 7) is 1.63. The SMILES string of the molecule is O=C(NC1CCCOC1)NC1COCC1C(=O)O. The summed E-state index contributed by atoms with van der Waals surface area (Å²) in [6.07, 6.45) is 1.81. The summed E-state index contributed by atoms with van der Waals surface area (Å²) >= 11 is 0. The van der Waals surface area contributed by atoms with Crippen molar-refractivity contribution < 1.29 is 24.2 Å². The molecule has 2 aliphatic heterocycles. The molecule has 2 amide bonds. The quantitative estimate of drug-likeness (QED) is 0.638. The lowest BCUT2D eigenvalue weighted by atomic mass is 10.0. The van der Waals surface area contributed by atoms with E-state index in [0.29, 0.717) is 6.61 Å². The molecule has 0 aliphatic carbocycles. The van der Waals surface area contributed by atoms with E-state index in [2.05, 4.69) is 10.6 Å². The Hall–Kier alpha value is -1.34. The summed E-state index contributed by atoms with van der Waals surface area (Å²) in [5.41, 5.74) is 0. The molecule has 3 N–H and O–H groups in total. The maximum absolute atomic E-state index is 11.7. The highest BCUT2D eigenvalue weighted by Crippen LogP contribution is 2.14. The number of hydrogen-bond donors (Lipinski definition) is 3. The van der Waals surface area contributed by atoms with Crippen LogP contribution in [0.15, 0.2) is 0 Å². The summed E-state index contributed by atoms with van der Waals surface area (Å²) in [5.74, 6) is -1.61. The molecular weight excluding hydrogens is 240 g/mol. The summed E-state index contributed by atoms with van der Waals surface area (Å²) in [7, 11) is 0. The van der Waals surface area contributed by atoms with Crippen molar-refractivity contribution in [1.29, 1.82) is 0 Å². The molecule has 2 rings (SSSR count). The molecule has 0 aromatic carbocycles. The molecular formula is C11H18N2O5. The van der Waals surface area contributed by atoms with E-state index in [0.717, 1.165) is 19.4 Å². The van der Waals surface area contributed by atoms with Gasteiger partial charge in [0.15, 0.2) is 0 Å². The van der Waals surface area contributed by atoms with Crippen molar-refractivity contribution >= 4 is 12.0 Å². The smallest absolute Gasteiger partial charge is 0.315 e. The van der Waals surface area contributed by atoms with Gasteiger partial charge in [-0.3, -0.25) is 4.79 Å². The summed E-state index contributed by atoms with van der Waals surface area (Å²) in [6, 6.07) is -0.816. The van der Waals surface area contributed by atoms with Crippen molar-refractivity contribution in [2.45, 2.75) is 24.9 Å². The zero-order chi connectivity index (χ0) is 13.0. The van der Waals surface area contributed by atoms with Crippen LogP contribution in [0.1, 0.15) is 12.8 Å². The van der Waals surface area contributed by atoms with Crippen LogP contribution in [0, 0.1) is 5.92 Å². The van der Waals surface area contributed by atoms with Gasteiger partial charge in [0, 0.05) is 6.61 Å². The molecule has 2 aliphatic rings. The predicted octanol–water partition coefficient (Wildman–Crippen LogP) is -0.436. The third kappa shape index (κ3) is 3.33. The second kappa shape index (κ2) is 6.01. The number of urea groups is 1. The van der Waals surface area contributed by atoms with E-state index in [1.165, 1.54) is 0 Å². The molecule has 18 heavy (non-hydrogen) atoms. The van der Waals surface area contributed by atoms with Crippen LogP contribution in [-0.2, 0) is 14.3 Å². The van der Waals surface area contributed by atoms with E-state index in [4.69, 9.17) is 14.6 Å². The number of aliphatic carboxylic acids is 1. The number of hydrogen-bond acceptors (Lipinski definition) is 4. The van der Waals surface area contributed by atoms with Crippen molar-refractivity contribution in [3.05, 3.63) is 0 Å². The van der Waals surface area contributed by atoms with E-state index in [1.807, 2.05) is 0 Å². The highest BCUT2D eigenvalue weighted by Gasteiger charge is 2.35. The number of carboxylic acid groups (broad SMARTS) is 1. The van der Waals surface area contributed by atoms with Gasteiger partial charge in [0.25, 0.3) is 0 Å². The van der Waals surface area contributed by atoms with Crippen molar-refractivity contribution in [2.24, 2.45) is 5.92 Å². The minimum absolute atomic E-state index is 0.00403. The van der Waals surface area contributed by atoms with Gasteiger partial charge in [0.1, 0.15) is 5.92 Å². The Bertz CT molecular complexity index is 317. The molecule has 7 heteroatoms. The number of carbonyl (C=O) groups excluding carboxylic acids is 1. The van der Waals surface area contributed by atoms with E-state index in [9.17, 15) is 9.59 Å². The van der Waals surface area contributed by atoms with Gasteiger partial charge >= 0.3 is 12.0 Å². The molecule has 2 heterocycles. The lowest BCUT2D eigenvalue weighted by Crippen LogP contribution is -2.51. The molecule has 0 bridgehead atoms. The van der Waals surface area contributed by atoms with E-state index < -0.39 is 17.9 Å². The Morgan fingerprint density at radius 2 is 1.94 bits per heavy atom. The summed E-state index contributed by atoms with van der Waals surface area (Å²) in [4.78, 5) is 22.6. The van der Waals surface area contributed by atoms with Crippen LogP contribution in [0.3, 0.4) is 0 Å². The van der Waals surface area contributed by atoms with Gasteiger partial charge in [-0.1, -0.05) is 0 Å². The van der Waals surface area contributed by atoms with E-state index in [1.54, 1.807) is 0 Å². The topological polar surface area (TPSA) is 96.9 Å². The van der Waals surface area contributed by atoms with Crippen LogP contribution in [-0.4, -0.2) is 55.6 Å². The maximum Gasteiger partial charge on any atom is 0.315 e. The molecule has 0 aromatic heterocycles. The molecule has 102 valence electrons. The number of amides is 2. The average Bonchev–Trinajstić information content (AvgIpc) is 2.78. The largest absolute Gasteiger partial charge is 0.481 e. The van der Waals surface area contributed by atoms with Gasteiger partial charge in [0.05, 0.1) is 31.9 Å². The fourth-order valence-electron chi connectivity index (χ4n) is 2.19. The van der Waals surface area contributed by atoms with Crippen LogP contribution in [0.4, 0.5) is 4.79 Å². The number of ether oxygens (including phenoxy) is 2. The van der Waals surface area contributed by atoms with Gasteiger partial charge in [-0.15, -0.1) is 0 Å². The van der Waals surface area contributed by atoms with Crippen LogP contribution < -0.4 is 10.6 Å². The summed E-state index contributed by atoms with van der Waals surface area (Å²) in [5, 5.41) is 14.4. The minimum Gasteiger partial charge on any atom is -0.481 e. The minimum atomic E-state index is -0.946. The molecule has 3 atom stereocenters. The van der Waals surface area contributed by atoms with Crippen LogP contribution in [0.5, 0.6) is 0 Å². The highest BCUT2D eigenvalue weighted by atomic mass is 16.5. The molecule has 3 unspecified atom stereocenters. The first-order chi connectivity index (χ1) is 8.66. The predicted molar refractivity (Wildman–Crippen MR) is 61.2 cm³/mol. The van der Waals surface area contributed by atoms with Gasteiger partial charge in [0.2, 0.25) is 0 Å². The average molecular weight is 258 g/mol. The van der Waals surface area contributed by atoms with E-state index in [-0.39, 0.29) is 25.3 Å². The van der Waals surface area contributed by atoms with Crippen LogP contribution >= 0.6 is 0 Å². The molecule has 7 nitrogen and oxygen atoms in total. The Labute approximate surface area is 105 Å². The summed E-state index contributed by atoms with van der Waals surface area (Å²) < 4.78 is 10.3. The lowest BCUT2D eigenvalue weighted by molar-refractivity contribution is -0.142. The van der Waals surface area contributed by atoms with Crippen molar-refractivity contribution in [1.82, 2.24) is 10.6 Å². The first-order valence-electron chi connectivity index (χ1n) is 6.12. The highest BCUT2D eigenvalue weighted by molar-refractivity contribution is 5.77. The second-order valence-electron chi connectivity index (χ2n) is 4.62.